The average Bonchev–Trinajstić information content (AvgIpc) is 3.14. The Labute approximate surface area is 160 Å². The summed E-state index contributed by atoms with van der Waals surface area (Å²) in [6.45, 7) is 6.40. The standard InChI is InChI=1S/C23H25NO3/c1-4-21(18-10-8-16(2)9-11-18)24-23(25)22-13-12-20(27-22)15-26-19-7-5-6-17(3)14-19/h5-14,21H,4,15H2,1-3H3,(H,24,25). The highest BCUT2D eigenvalue weighted by Gasteiger charge is 2.17. The molecule has 0 radical (unpaired) electrons. The lowest BCUT2D eigenvalue weighted by Gasteiger charge is -2.17. The minimum atomic E-state index is -0.218. The van der Waals surface area contributed by atoms with Gasteiger partial charge in [-0.25, -0.2) is 0 Å². The van der Waals surface area contributed by atoms with E-state index in [9.17, 15) is 4.79 Å². The van der Waals surface area contributed by atoms with Crippen molar-refractivity contribution in [1.29, 1.82) is 0 Å². The molecule has 140 valence electrons. The summed E-state index contributed by atoms with van der Waals surface area (Å²) >= 11 is 0. The maximum Gasteiger partial charge on any atom is 0.287 e. The molecule has 27 heavy (non-hydrogen) atoms. The van der Waals surface area contributed by atoms with Crippen molar-refractivity contribution in [2.24, 2.45) is 0 Å². The van der Waals surface area contributed by atoms with Gasteiger partial charge >= 0.3 is 0 Å². The molecule has 1 aromatic heterocycles. The summed E-state index contributed by atoms with van der Waals surface area (Å²) in [6.07, 6.45) is 0.804. The fraction of sp³-hybridized carbons (Fsp3) is 0.261. The lowest BCUT2D eigenvalue weighted by Crippen LogP contribution is -2.27. The normalized spacial score (nSPS) is 11.8. The molecule has 3 aromatic rings. The molecule has 1 atom stereocenters. The first-order chi connectivity index (χ1) is 13.0. The minimum Gasteiger partial charge on any atom is -0.486 e. The number of rotatable bonds is 7. The van der Waals surface area contributed by atoms with E-state index in [1.807, 2.05) is 57.2 Å². The predicted molar refractivity (Wildman–Crippen MR) is 106 cm³/mol. The lowest BCUT2D eigenvalue weighted by molar-refractivity contribution is 0.0903. The summed E-state index contributed by atoms with van der Waals surface area (Å²) < 4.78 is 11.4. The Bertz CT molecular complexity index is 896. The maximum absolute atomic E-state index is 12.5. The summed E-state index contributed by atoms with van der Waals surface area (Å²) in [6, 6.07) is 19.4. The Balaban J connectivity index is 1.61. The van der Waals surface area contributed by atoms with E-state index in [1.54, 1.807) is 12.1 Å². The number of carbonyl (C=O) groups is 1. The van der Waals surface area contributed by atoms with E-state index in [-0.39, 0.29) is 18.6 Å². The number of aryl methyl sites for hydroxylation is 2. The molecule has 0 saturated heterocycles. The molecular formula is C23H25NO3. The van der Waals surface area contributed by atoms with Crippen molar-refractivity contribution >= 4 is 5.91 Å². The molecule has 2 aromatic carbocycles. The van der Waals surface area contributed by atoms with Gasteiger partial charge in [0, 0.05) is 0 Å². The maximum atomic E-state index is 12.5. The molecule has 0 aliphatic carbocycles. The van der Waals surface area contributed by atoms with Crippen molar-refractivity contribution in [3.8, 4) is 5.75 Å². The van der Waals surface area contributed by atoms with E-state index >= 15 is 0 Å². The number of nitrogens with one attached hydrogen (secondary N) is 1. The van der Waals surface area contributed by atoms with Crippen LogP contribution in [0.25, 0.3) is 0 Å². The van der Waals surface area contributed by atoms with Gasteiger partial charge in [0.25, 0.3) is 5.91 Å². The van der Waals surface area contributed by atoms with Crippen LogP contribution in [0.15, 0.2) is 65.1 Å². The molecule has 0 saturated carbocycles. The van der Waals surface area contributed by atoms with Crippen molar-refractivity contribution in [2.75, 3.05) is 0 Å². The SMILES string of the molecule is CCC(NC(=O)c1ccc(COc2cccc(C)c2)o1)c1ccc(C)cc1. The third kappa shape index (κ3) is 5.00. The number of amides is 1. The van der Waals surface area contributed by atoms with Gasteiger partial charge in [-0.15, -0.1) is 0 Å². The first-order valence-electron chi connectivity index (χ1n) is 9.20. The van der Waals surface area contributed by atoms with E-state index in [4.69, 9.17) is 9.15 Å². The smallest absolute Gasteiger partial charge is 0.287 e. The highest BCUT2D eigenvalue weighted by Crippen LogP contribution is 2.19. The molecule has 0 fully saturated rings. The molecule has 0 spiro atoms. The van der Waals surface area contributed by atoms with Gasteiger partial charge in [0.15, 0.2) is 5.76 Å². The van der Waals surface area contributed by atoms with Crippen LogP contribution in [0.4, 0.5) is 0 Å². The van der Waals surface area contributed by atoms with Gasteiger partial charge in [0.05, 0.1) is 6.04 Å². The third-order valence-electron chi connectivity index (χ3n) is 4.45. The average molecular weight is 363 g/mol. The van der Waals surface area contributed by atoms with Crippen LogP contribution < -0.4 is 10.1 Å². The van der Waals surface area contributed by atoms with Crippen molar-refractivity contribution in [3.63, 3.8) is 0 Å². The van der Waals surface area contributed by atoms with E-state index in [0.717, 1.165) is 23.3 Å². The number of hydrogen-bond donors (Lipinski definition) is 1. The topological polar surface area (TPSA) is 51.5 Å². The Morgan fingerprint density at radius 2 is 1.81 bits per heavy atom. The molecule has 0 bridgehead atoms. The van der Waals surface area contributed by atoms with Crippen LogP contribution in [0.1, 0.15) is 52.4 Å². The van der Waals surface area contributed by atoms with Crippen LogP contribution in [0, 0.1) is 13.8 Å². The summed E-state index contributed by atoms with van der Waals surface area (Å²) in [5.74, 6) is 1.47. The molecule has 0 aliphatic rings. The van der Waals surface area contributed by atoms with Crippen LogP contribution in [-0.2, 0) is 6.61 Å². The second-order valence-corrected chi connectivity index (χ2v) is 6.72. The molecule has 4 heteroatoms. The minimum absolute atomic E-state index is 0.0461. The molecule has 4 nitrogen and oxygen atoms in total. The van der Waals surface area contributed by atoms with Gasteiger partial charge in [-0.3, -0.25) is 4.79 Å². The van der Waals surface area contributed by atoms with Crippen LogP contribution in [0.2, 0.25) is 0 Å². The van der Waals surface area contributed by atoms with Crippen LogP contribution >= 0.6 is 0 Å². The molecule has 1 N–H and O–H groups in total. The third-order valence-corrected chi connectivity index (χ3v) is 4.45. The van der Waals surface area contributed by atoms with Crippen molar-refractivity contribution in [3.05, 3.63) is 88.9 Å². The van der Waals surface area contributed by atoms with E-state index in [0.29, 0.717) is 11.5 Å². The van der Waals surface area contributed by atoms with E-state index < -0.39 is 0 Å². The number of ether oxygens (including phenoxy) is 1. The molecule has 0 aliphatic heterocycles. The Morgan fingerprint density at radius 1 is 1.04 bits per heavy atom. The highest BCUT2D eigenvalue weighted by molar-refractivity contribution is 5.91. The molecular weight excluding hydrogens is 338 g/mol. The quantitative estimate of drug-likeness (QED) is 0.615. The number of carbonyl (C=O) groups excluding carboxylic acids is 1. The summed E-state index contributed by atoms with van der Waals surface area (Å²) in [4.78, 5) is 12.5. The predicted octanol–water partition coefficient (Wildman–Crippen LogP) is 5.36. The van der Waals surface area contributed by atoms with Gasteiger partial charge in [0.1, 0.15) is 18.1 Å². The van der Waals surface area contributed by atoms with Crippen molar-refractivity contribution < 1.29 is 13.9 Å². The first-order valence-corrected chi connectivity index (χ1v) is 9.20. The van der Waals surface area contributed by atoms with Gasteiger partial charge in [-0.05, 0) is 55.7 Å². The molecule has 1 unspecified atom stereocenters. The second kappa shape index (κ2) is 8.58. The van der Waals surface area contributed by atoms with E-state index in [1.165, 1.54) is 5.56 Å². The number of hydrogen-bond acceptors (Lipinski definition) is 3. The zero-order valence-corrected chi connectivity index (χ0v) is 16.0. The van der Waals surface area contributed by atoms with Crippen molar-refractivity contribution in [2.45, 2.75) is 39.8 Å². The largest absolute Gasteiger partial charge is 0.486 e. The molecule has 1 heterocycles. The van der Waals surface area contributed by atoms with Gasteiger partial charge in [-0.1, -0.05) is 48.9 Å². The Kier molecular flexibility index (Phi) is 5.97. The number of benzene rings is 2. The van der Waals surface area contributed by atoms with Gasteiger partial charge in [0.2, 0.25) is 0 Å². The van der Waals surface area contributed by atoms with E-state index in [2.05, 4.69) is 17.4 Å². The molecule has 3 rings (SSSR count). The van der Waals surface area contributed by atoms with Crippen LogP contribution in [0.3, 0.4) is 0 Å². The zero-order valence-electron chi connectivity index (χ0n) is 16.0. The van der Waals surface area contributed by atoms with Crippen LogP contribution in [0.5, 0.6) is 5.75 Å². The van der Waals surface area contributed by atoms with Crippen LogP contribution in [-0.4, -0.2) is 5.91 Å². The Hall–Kier alpha value is -3.01. The first kappa shape index (κ1) is 18.8. The fourth-order valence-corrected chi connectivity index (χ4v) is 2.89. The fourth-order valence-electron chi connectivity index (χ4n) is 2.89. The molecule has 1 amide bonds. The summed E-state index contributed by atoms with van der Waals surface area (Å²) in [5, 5.41) is 3.04. The zero-order chi connectivity index (χ0) is 19.2. The highest BCUT2D eigenvalue weighted by atomic mass is 16.5. The van der Waals surface area contributed by atoms with Gasteiger partial charge < -0.3 is 14.5 Å². The summed E-state index contributed by atoms with van der Waals surface area (Å²) in [5.41, 5.74) is 3.42. The second-order valence-electron chi connectivity index (χ2n) is 6.72. The van der Waals surface area contributed by atoms with Gasteiger partial charge in [-0.2, -0.15) is 0 Å². The number of furan rings is 1. The monoisotopic (exact) mass is 363 g/mol. The summed E-state index contributed by atoms with van der Waals surface area (Å²) in [7, 11) is 0. The van der Waals surface area contributed by atoms with Crippen molar-refractivity contribution in [1.82, 2.24) is 5.32 Å². The Morgan fingerprint density at radius 3 is 2.52 bits per heavy atom. The lowest BCUT2D eigenvalue weighted by atomic mass is 10.0.